The number of carbonyl (C=O) groups is 1. The zero-order valence-corrected chi connectivity index (χ0v) is 12.2. The number of carboxylic acid groups (broad SMARTS) is 1. The van der Waals surface area contributed by atoms with E-state index in [1.54, 1.807) is 12.1 Å². The molecule has 112 valence electrons. The van der Waals surface area contributed by atoms with Crippen LogP contribution in [-0.2, 0) is 11.3 Å². The zero-order valence-electron chi connectivity index (χ0n) is 11.4. The molecule has 2 aromatic rings. The van der Waals surface area contributed by atoms with Crippen LogP contribution < -0.4 is 5.32 Å². The van der Waals surface area contributed by atoms with Crippen molar-refractivity contribution in [3.05, 3.63) is 34.5 Å². The van der Waals surface area contributed by atoms with Crippen molar-refractivity contribution in [1.29, 1.82) is 0 Å². The van der Waals surface area contributed by atoms with E-state index in [-0.39, 0.29) is 16.7 Å². The number of ether oxygens (including phenoxy) is 1. The Balaban J connectivity index is 1.91. The Morgan fingerprint density at radius 3 is 3.10 bits per heavy atom. The van der Waals surface area contributed by atoms with Crippen LogP contribution in [0.25, 0.3) is 10.1 Å². The van der Waals surface area contributed by atoms with Crippen LogP contribution in [-0.4, -0.2) is 30.3 Å². The van der Waals surface area contributed by atoms with Crippen LogP contribution in [0.1, 0.15) is 28.1 Å². The summed E-state index contributed by atoms with van der Waals surface area (Å²) >= 11 is 1.12. The molecule has 0 radical (unpaired) electrons. The smallest absolute Gasteiger partial charge is 0.346 e. The minimum absolute atomic E-state index is 0.196. The van der Waals surface area contributed by atoms with E-state index in [0.29, 0.717) is 28.8 Å². The van der Waals surface area contributed by atoms with E-state index < -0.39 is 5.97 Å². The van der Waals surface area contributed by atoms with Gasteiger partial charge in [0, 0.05) is 34.8 Å². The highest BCUT2D eigenvalue weighted by Crippen LogP contribution is 2.33. The molecule has 21 heavy (non-hydrogen) atoms. The Morgan fingerprint density at radius 2 is 2.38 bits per heavy atom. The van der Waals surface area contributed by atoms with Crippen LogP contribution in [0.15, 0.2) is 18.2 Å². The zero-order chi connectivity index (χ0) is 14.8. The first-order valence-corrected chi connectivity index (χ1v) is 7.73. The lowest BCUT2D eigenvalue weighted by Gasteiger charge is -2.23. The van der Waals surface area contributed by atoms with E-state index in [1.807, 2.05) is 0 Å². The first kappa shape index (κ1) is 14.4. The third-order valence-corrected chi connectivity index (χ3v) is 4.87. The summed E-state index contributed by atoms with van der Waals surface area (Å²) in [6, 6.07) is 4.92. The summed E-state index contributed by atoms with van der Waals surface area (Å²) in [5.74, 6) is -1.37. The predicted molar refractivity (Wildman–Crippen MR) is 79.4 cm³/mol. The monoisotopic (exact) mass is 309 g/mol. The van der Waals surface area contributed by atoms with Crippen LogP contribution in [0.5, 0.6) is 0 Å². The maximum absolute atomic E-state index is 14.1. The predicted octanol–water partition coefficient (Wildman–Crippen LogP) is 3.01. The second kappa shape index (κ2) is 6.09. The van der Waals surface area contributed by atoms with E-state index in [2.05, 4.69) is 5.32 Å². The summed E-state index contributed by atoms with van der Waals surface area (Å²) in [5.41, 5.74) is 0.533. The number of nitrogens with one attached hydrogen (secondary N) is 1. The average molecular weight is 309 g/mol. The number of carboxylic acids is 1. The van der Waals surface area contributed by atoms with Gasteiger partial charge < -0.3 is 15.2 Å². The summed E-state index contributed by atoms with van der Waals surface area (Å²) in [5, 5.41) is 13.0. The van der Waals surface area contributed by atoms with Crippen molar-refractivity contribution in [3.8, 4) is 0 Å². The second-order valence-corrected chi connectivity index (χ2v) is 6.18. The molecule has 0 saturated carbocycles. The van der Waals surface area contributed by atoms with Gasteiger partial charge in [0.25, 0.3) is 0 Å². The summed E-state index contributed by atoms with van der Waals surface area (Å²) in [7, 11) is 0. The van der Waals surface area contributed by atoms with Gasteiger partial charge in [-0.1, -0.05) is 6.07 Å². The van der Waals surface area contributed by atoms with Crippen molar-refractivity contribution in [3.63, 3.8) is 0 Å². The van der Waals surface area contributed by atoms with E-state index in [4.69, 9.17) is 4.74 Å². The molecule has 3 rings (SSSR count). The van der Waals surface area contributed by atoms with Gasteiger partial charge in [0.2, 0.25) is 0 Å². The molecule has 1 aromatic carbocycles. The molecule has 2 N–H and O–H groups in total. The van der Waals surface area contributed by atoms with Crippen LogP contribution in [0.3, 0.4) is 0 Å². The molecule has 4 nitrogen and oxygen atoms in total. The summed E-state index contributed by atoms with van der Waals surface area (Å²) < 4.78 is 20.1. The van der Waals surface area contributed by atoms with Gasteiger partial charge in [0.15, 0.2) is 0 Å². The molecule has 1 aliphatic heterocycles. The highest BCUT2D eigenvalue weighted by molar-refractivity contribution is 7.21. The number of halogens is 1. The standard InChI is InChI=1S/C15H16FNO3S/c16-11-4-1-5-12-13(11)10(14(21-12)15(18)19)7-17-9-3-2-6-20-8-9/h1,4-5,9,17H,2-3,6-8H2,(H,18,19). The summed E-state index contributed by atoms with van der Waals surface area (Å²) in [6.07, 6.45) is 1.98. The third kappa shape index (κ3) is 2.92. The molecule has 1 atom stereocenters. The lowest BCUT2D eigenvalue weighted by atomic mass is 10.1. The van der Waals surface area contributed by atoms with E-state index in [0.717, 1.165) is 30.8 Å². The van der Waals surface area contributed by atoms with Crippen molar-refractivity contribution in [1.82, 2.24) is 5.32 Å². The molecular formula is C15H16FNO3S. The van der Waals surface area contributed by atoms with Crippen molar-refractivity contribution in [2.24, 2.45) is 0 Å². The molecule has 6 heteroatoms. The quantitative estimate of drug-likeness (QED) is 0.911. The second-order valence-electron chi connectivity index (χ2n) is 5.12. The topological polar surface area (TPSA) is 58.6 Å². The molecule has 0 spiro atoms. The normalized spacial score (nSPS) is 19.0. The number of thiophene rings is 1. The van der Waals surface area contributed by atoms with Gasteiger partial charge in [-0.25, -0.2) is 9.18 Å². The molecule has 1 saturated heterocycles. The van der Waals surface area contributed by atoms with Gasteiger partial charge >= 0.3 is 5.97 Å². The van der Waals surface area contributed by atoms with E-state index in [1.165, 1.54) is 6.07 Å². The first-order valence-electron chi connectivity index (χ1n) is 6.91. The Kier molecular flexibility index (Phi) is 4.19. The number of hydrogen-bond acceptors (Lipinski definition) is 4. The number of hydrogen-bond donors (Lipinski definition) is 2. The van der Waals surface area contributed by atoms with Crippen LogP contribution in [0.4, 0.5) is 4.39 Å². The third-order valence-electron chi connectivity index (χ3n) is 3.69. The van der Waals surface area contributed by atoms with Crippen LogP contribution in [0, 0.1) is 5.82 Å². The number of aromatic carboxylic acids is 1. The molecule has 0 bridgehead atoms. The Morgan fingerprint density at radius 1 is 1.52 bits per heavy atom. The number of rotatable bonds is 4. The van der Waals surface area contributed by atoms with Crippen molar-refractivity contribution in [2.75, 3.05) is 13.2 Å². The number of benzene rings is 1. The van der Waals surface area contributed by atoms with Gasteiger partial charge in [-0.3, -0.25) is 0 Å². The van der Waals surface area contributed by atoms with Crippen LogP contribution in [0.2, 0.25) is 0 Å². The van der Waals surface area contributed by atoms with E-state index >= 15 is 0 Å². The van der Waals surface area contributed by atoms with Gasteiger partial charge in [0.1, 0.15) is 10.7 Å². The Bertz CT molecular complexity index is 664. The largest absolute Gasteiger partial charge is 0.477 e. The highest BCUT2D eigenvalue weighted by Gasteiger charge is 2.21. The fourth-order valence-electron chi connectivity index (χ4n) is 2.66. The fourth-order valence-corrected chi connectivity index (χ4v) is 3.73. The molecular weight excluding hydrogens is 293 g/mol. The minimum Gasteiger partial charge on any atom is -0.477 e. The van der Waals surface area contributed by atoms with Gasteiger partial charge in [-0.2, -0.15) is 0 Å². The van der Waals surface area contributed by atoms with Gasteiger partial charge in [-0.15, -0.1) is 11.3 Å². The van der Waals surface area contributed by atoms with E-state index in [9.17, 15) is 14.3 Å². The molecule has 2 heterocycles. The fraction of sp³-hybridized carbons (Fsp3) is 0.400. The van der Waals surface area contributed by atoms with Crippen molar-refractivity contribution in [2.45, 2.75) is 25.4 Å². The SMILES string of the molecule is O=C(O)c1sc2cccc(F)c2c1CNC1CCCOC1. The van der Waals surface area contributed by atoms with Gasteiger partial charge in [0.05, 0.1) is 6.61 Å². The first-order chi connectivity index (χ1) is 10.2. The Hall–Kier alpha value is -1.50. The average Bonchev–Trinajstić information content (AvgIpc) is 2.86. The lowest BCUT2D eigenvalue weighted by Crippen LogP contribution is -2.36. The molecule has 0 aliphatic carbocycles. The number of fused-ring (bicyclic) bond motifs is 1. The molecule has 0 amide bonds. The summed E-state index contributed by atoms with van der Waals surface area (Å²) in [4.78, 5) is 11.6. The minimum atomic E-state index is -1.01. The lowest BCUT2D eigenvalue weighted by molar-refractivity contribution is 0.0689. The molecule has 1 aromatic heterocycles. The van der Waals surface area contributed by atoms with Gasteiger partial charge in [-0.05, 0) is 25.0 Å². The maximum Gasteiger partial charge on any atom is 0.346 e. The molecule has 1 unspecified atom stereocenters. The Labute approximate surface area is 125 Å². The van der Waals surface area contributed by atoms with Crippen molar-refractivity contribution < 1.29 is 19.0 Å². The highest BCUT2D eigenvalue weighted by atomic mass is 32.1. The maximum atomic E-state index is 14.1. The summed E-state index contributed by atoms with van der Waals surface area (Å²) in [6.45, 7) is 1.73. The molecule has 1 aliphatic rings. The van der Waals surface area contributed by atoms with Crippen molar-refractivity contribution >= 4 is 27.4 Å². The van der Waals surface area contributed by atoms with Crippen LogP contribution >= 0.6 is 11.3 Å². The molecule has 1 fully saturated rings.